The first-order chi connectivity index (χ1) is 14.9. The third kappa shape index (κ3) is 5.04. The Kier molecular flexibility index (Phi) is 5.92. The van der Waals surface area contributed by atoms with Gasteiger partial charge in [0.1, 0.15) is 0 Å². The van der Waals surface area contributed by atoms with Crippen LogP contribution in [0.3, 0.4) is 0 Å². The molecule has 1 aliphatic rings. The average molecular weight is 430 g/mol. The Labute approximate surface area is 177 Å². The minimum absolute atomic E-state index is 0.00784. The lowest BCUT2D eigenvalue weighted by Gasteiger charge is -2.36. The number of hydrogen-bond acceptors (Lipinski definition) is 5. The number of aromatic nitrogens is 2. The Balaban J connectivity index is 1.31. The summed E-state index contributed by atoms with van der Waals surface area (Å²) in [6.45, 7) is 2.78. The van der Waals surface area contributed by atoms with Gasteiger partial charge in [0.05, 0.1) is 5.56 Å². The second-order valence-corrected chi connectivity index (χ2v) is 7.29. The molecule has 31 heavy (non-hydrogen) atoms. The molecule has 0 spiro atoms. The van der Waals surface area contributed by atoms with E-state index in [1.807, 2.05) is 23.1 Å². The molecule has 4 rings (SSSR count). The van der Waals surface area contributed by atoms with Gasteiger partial charge in [-0.3, -0.25) is 4.79 Å². The van der Waals surface area contributed by atoms with Gasteiger partial charge in [0.15, 0.2) is 0 Å². The normalized spacial score (nSPS) is 14.7. The van der Waals surface area contributed by atoms with E-state index in [0.717, 1.165) is 30.9 Å². The zero-order valence-electron chi connectivity index (χ0n) is 16.7. The van der Waals surface area contributed by atoms with Gasteiger partial charge in [-0.1, -0.05) is 35.5 Å². The summed E-state index contributed by atoms with van der Waals surface area (Å²) in [5, 5.41) is 3.76. The van der Waals surface area contributed by atoms with Crippen LogP contribution in [0.1, 0.15) is 17.9 Å². The van der Waals surface area contributed by atoms with E-state index in [2.05, 4.69) is 27.2 Å². The summed E-state index contributed by atoms with van der Waals surface area (Å²) in [7, 11) is 0. The molecule has 0 unspecified atom stereocenters. The number of amides is 1. The fraction of sp³-hybridized carbons (Fsp3) is 0.318. The summed E-state index contributed by atoms with van der Waals surface area (Å²) in [6.07, 6.45) is -4.00. The maximum Gasteiger partial charge on any atom is 0.416 e. The van der Waals surface area contributed by atoms with E-state index in [1.54, 1.807) is 0 Å². The smallest absolute Gasteiger partial charge is 0.368 e. The average Bonchev–Trinajstić information content (AvgIpc) is 3.27. The van der Waals surface area contributed by atoms with E-state index in [4.69, 9.17) is 4.52 Å². The SMILES string of the molecule is O=C(CCc1nc(-c2cccc(C(F)(F)F)c2)no1)N1CCN(c2ccccc2)CC1. The number of nitrogens with zero attached hydrogens (tertiary/aromatic N) is 4. The summed E-state index contributed by atoms with van der Waals surface area (Å²) < 4.78 is 43.8. The van der Waals surface area contributed by atoms with Crippen LogP contribution in [0.2, 0.25) is 0 Å². The molecule has 162 valence electrons. The largest absolute Gasteiger partial charge is 0.416 e. The minimum atomic E-state index is -4.44. The zero-order valence-corrected chi connectivity index (χ0v) is 16.7. The summed E-state index contributed by atoms with van der Waals surface area (Å²) in [5.74, 6) is 0.292. The van der Waals surface area contributed by atoms with Crippen molar-refractivity contribution in [1.29, 1.82) is 0 Å². The molecular formula is C22H21F3N4O2. The van der Waals surface area contributed by atoms with Gasteiger partial charge in [-0.25, -0.2) is 0 Å². The quantitative estimate of drug-likeness (QED) is 0.612. The highest BCUT2D eigenvalue weighted by Crippen LogP contribution is 2.31. The first-order valence-electron chi connectivity index (χ1n) is 9.98. The second kappa shape index (κ2) is 8.79. The van der Waals surface area contributed by atoms with Crippen LogP contribution in [-0.4, -0.2) is 47.1 Å². The maximum absolute atomic E-state index is 12.9. The Morgan fingerprint density at radius 1 is 1.00 bits per heavy atom. The van der Waals surface area contributed by atoms with E-state index < -0.39 is 11.7 Å². The maximum atomic E-state index is 12.9. The number of rotatable bonds is 5. The number of piperazine rings is 1. The molecule has 2 heterocycles. The summed E-state index contributed by atoms with van der Waals surface area (Å²) >= 11 is 0. The van der Waals surface area contributed by atoms with Crippen LogP contribution < -0.4 is 4.90 Å². The van der Waals surface area contributed by atoms with E-state index in [0.29, 0.717) is 13.1 Å². The molecular weight excluding hydrogens is 409 g/mol. The zero-order chi connectivity index (χ0) is 21.8. The second-order valence-electron chi connectivity index (χ2n) is 7.29. The van der Waals surface area contributed by atoms with Crippen molar-refractivity contribution < 1.29 is 22.5 Å². The van der Waals surface area contributed by atoms with Crippen molar-refractivity contribution in [2.75, 3.05) is 31.1 Å². The number of carbonyl (C=O) groups excluding carboxylic acids is 1. The third-order valence-electron chi connectivity index (χ3n) is 5.22. The lowest BCUT2D eigenvalue weighted by atomic mass is 10.1. The Morgan fingerprint density at radius 3 is 2.45 bits per heavy atom. The van der Waals surface area contributed by atoms with E-state index in [9.17, 15) is 18.0 Å². The van der Waals surface area contributed by atoms with Gasteiger partial charge >= 0.3 is 6.18 Å². The Bertz CT molecular complexity index is 1030. The third-order valence-corrected chi connectivity index (χ3v) is 5.22. The molecule has 0 atom stereocenters. The van der Waals surface area contributed by atoms with Gasteiger partial charge in [-0.15, -0.1) is 0 Å². The van der Waals surface area contributed by atoms with Crippen molar-refractivity contribution in [1.82, 2.24) is 15.0 Å². The number of carbonyl (C=O) groups is 1. The lowest BCUT2D eigenvalue weighted by molar-refractivity contribution is -0.137. The predicted octanol–water partition coefficient (Wildman–Crippen LogP) is 4.04. The number of benzene rings is 2. The molecule has 0 N–H and O–H groups in total. The highest BCUT2D eigenvalue weighted by molar-refractivity contribution is 5.76. The molecule has 3 aromatic rings. The molecule has 0 saturated carbocycles. The van der Waals surface area contributed by atoms with Crippen LogP contribution in [-0.2, 0) is 17.4 Å². The lowest BCUT2D eigenvalue weighted by Crippen LogP contribution is -2.48. The standard InChI is InChI=1S/C22H21F3N4O2/c23-22(24,25)17-6-4-5-16(15-17)21-26-19(31-27-21)9-10-20(30)29-13-11-28(12-14-29)18-7-2-1-3-8-18/h1-8,15H,9-14H2. The van der Waals surface area contributed by atoms with E-state index >= 15 is 0 Å². The molecule has 2 aromatic carbocycles. The topological polar surface area (TPSA) is 62.5 Å². The number of aryl methyl sites for hydroxylation is 1. The Morgan fingerprint density at radius 2 is 1.74 bits per heavy atom. The van der Waals surface area contributed by atoms with Gasteiger partial charge in [0.2, 0.25) is 17.6 Å². The molecule has 1 saturated heterocycles. The fourth-order valence-corrected chi connectivity index (χ4v) is 3.53. The minimum Gasteiger partial charge on any atom is -0.368 e. The van der Waals surface area contributed by atoms with Crippen LogP contribution in [0.5, 0.6) is 0 Å². The monoisotopic (exact) mass is 430 g/mol. The molecule has 9 heteroatoms. The van der Waals surface area contributed by atoms with E-state index in [-0.39, 0.29) is 36.0 Å². The highest BCUT2D eigenvalue weighted by Gasteiger charge is 2.31. The predicted molar refractivity (Wildman–Crippen MR) is 108 cm³/mol. The molecule has 6 nitrogen and oxygen atoms in total. The first kappa shape index (κ1) is 20.9. The summed E-state index contributed by atoms with van der Waals surface area (Å²) in [6, 6.07) is 14.8. The number of para-hydroxylation sites is 1. The fourth-order valence-electron chi connectivity index (χ4n) is 3.53. The van der Waals surface area contributed by atoms with Gasteiger partial charge < -0.3 is 14.3 Å². The van der Waals surface area contributed by atoms with Crippen molar-refractivity contribution in [3.05, 3.63) is 66.1 Å². The van der Waals surface area contributed by atoms with Crippen LogP contribution >= 0.6 is 0 Å². The van der Waals surface area contributed by atoms with Crippen molar-refractivity contribution in [2.45, 2.75) is 19.0 Å². The number of halogens is 3. The molecule has 1 amide bonds. The van der Waals surface area contributed by atoms with Crippen LogP contribution in [0, 0.1) is 0 Å². The number of anilines is 1. The molecule has 0 aliphatic carbocycles. The van der Waals surface area contributed by atoms with Gasteiger partial charge in [0.25, 0.3) is 0 Å². The molecule has 1 aliphatic heterocycles. The molecule has 1 aromatic heterocycles. The molecule has 0 bridgehead atoms. The van der Waals surface area contributed by atoms with Crippen LogP contribution in [0.15, 0.2) is 59.1 Å². The summed E-state index contributed by atoms with van der Waals surface area (Å²) in [5.41, 5.74) is 0.580. The summed E-state index contributed by atoms with van der Waals surface area (Å²) in [4.78, 5) is 20.7. The van der Waals surface area contributed by atoms with Crippen molar-refractivity contribution in [3.63, 3.8) is 0 Å². The van der Waals surface area contributed by atoms with Crippen molar-refractivity contribution >= 4 is 11.6 Å². The molecule has 1 fully saturated rings. The van der Waals surface area contributed by atoms with Crippen LogP contribution in [0.25, 0.3) is 11.4 Å². The van der Waals surface area contributed by atoms with Gasteiger partial charge in [-0.05, 0) is 24.3 Å². The van der Waals surface area contributed by atoms with Crippen LogP contribution in [0.4, 0.5) is 18.9 Å². The van der Waals surface area contributed by atoms with Crippen molar-refractivity contribution in [3.8, 4) is 11.4 Å². The molecule has 0 radical (unpaired) electrons. The van der Waals surface area contributed by atoms with Gasteiger partial charge in [0, 0.05) is 50.3 Å². The van der Waals surface area contributed by atoms with Gasteiger partial charge in [-0.2, -0.15) is 18.2 Å². The number of alkyl halides is 3. The van der Waals surface area contributed by atoms with E-state index in [1.165, 1.54) is 12.1 Å². The Hall–Kier alpha value is -3.36. The highest BCUT2D eigenvalue weighted by atomic mass is 19.4. The number of hydrogen-bond donors (Lipinski definition) is 0. The van der Waals surface area contributed by atoms with Crippen molar-refractivity contribution in [2.24, 2.45) is 0 Å². The first-order valence-corrected chi connectivity index (χ1v) is 9.98.